The maximum Gasteiger partial charge on any atom is 0.258 e. The van der Waals surface area contributed by atoms with Crippen molar-refractivity contribution in [2.24, 2.45) is 0 Å². The molecule has 2 amide bonds. The summed E-state index contributed by atoms with van der Waals surface area (Å²) in [7, 11) is 2.10. The van der Waals surface area contributed by atoms with Crippen LogP contribution in [0.4, 0.5) is 0 Å². The van der Waals surface area contributed by atoms with Crippen LogP contribution in [0.3, 0.4) is 0 Å². The van der Waals surface area contributed by atoms with Gasteiger partial charge in [0.05, 0.1) is 18.7 Å². The molecule has 2 aromatic rings. The fourth-order valence-corrected chi connectivity index (χ4v) is 4.64. The molecule has 4 rings (SSSR count). The molecule has 6 nitrogen and oxygen atoms in total. The molecule has 1 N–H and O–H groups in total. The molecule has 1 fully saturated rings. The van der Waals surface area contributed by atoms with Gasteiger partial charge in [0, 0.05) is 30.8 Å². The number of ether oxygens (including phenoxy) is 1. The van der Waals surface area contributed by atoms with Crippen molar-refractivity contribution in [2.75, 3.05) is 33.2 Å². The molecule has 0 aliphatic carbocycles. The van der Waals surface area contributed by atoms with Gasteiger partial charge >= 0.3 is 0 Å². The molecule has 0 unspecified atom stereocenters. The van der Waals surface area contributed by atoms with Crippen molar-refractivity contribution in [3.63, 3.8) is 0 Å². The third-order valence-corrected chi connectivity index (χ3v) is 6.61. The molecule has 1 aromatic carbocycles. The summed E-state index contributed by atoms with van der Waals surface area (Å²) in [6.45, 7) is 4.74. The van der Waals surface area contributed by atoms with E-state index in [1.54, 1.807) is 16.2 Å². The third kappa shape index (κ3) is 4.46. The first-order valence-corrected chi connectivity index (χ1v) is 10.9. The van der Waals surface area contributed by atoms with E-state index in [1.807, 2.05) is 42.6 Å². The highest BCUT2D eigenvalue weighted by atomic mass is 32.1. The molecule has 1 saturated heterocycles. The lowest BCUT2D eigenvalue weighted by Crippen LogP contribution is -2.54. The summed E-state index contributed by atoms with van der Waals surface area (Å²) >= 11 is 1.61. The van der Waals surface area contributed by atoms with Gasteiger partial charge in [0.1, 0.15) is 17.9 Å². The van der Waals surface area contributed by atoms with Crippen molar-refractivity contribution >= 4 is 23.2 Å². The van der Waals surface area contributed by atoms with Gasteiger partial charge in [0.15, 0.2) is 0 Å². The zero-order chi connectivity index (χ0) is 20.4. The smallest absolute Gasteiger partial charge is 0.258 e. The van der Waals surface area contributed by atoms with Crippen LogP contribution in [0.25, 0.3) is 0 Å². The second kappa shape index (κ2) is 8.16. The fourth-order valence-electron chi connectivity index (χ4n) is 4.00. The Morgan fingerprint density at radius 3 is 2.79 bits per heavy atom. The van der Waals surface area contributed by atoms with Gasteiger partial charge in [0.25, 0.3) is 5.91 Å². The predicted octanol–water partition coefficient (Wildman–Crippen LogP) is 2.67. The molecule has 3 heterocycles. The van der Waals surface area contributed by atoms with Gasteiger partial charge in [-0.25, -0.2) is 0 Å². The maximum absolute atomic E-state index is 13.3. The number of aryl methyl sites for hydroxylation is 1. The van der Waals surface area contributed by atoms with E-state index in [1.165, 1.54) is 0 Å². The molecular weight excluding hydrogens is 386 g/mol. The quantitative estimate of drug-likeness (QED) is 0.837. The van der Waals surface area contributed by atoms with E-state index in [9.17, 15) is 9.59 Å². The predicted molar refractivity (Wildman–Crippen MR) is 113 cm³/mol. The van der Waals surface area contributed by atoms with Gasteiger partial charge in [0.2, 0.25) is 5.91 Å². The zero-order valence-corrected chi connectivity index (χ0v) is 17.8. The molecule has 7 heteroatoms. The monoisotopic (exact) mass is 413 g/mol. The number of piperidine rings is 1. The number of fused-ring (bicyclic) bond motifs is 1. The molecule has 29 heavy (non-hydrogen) atoms. The van der Waals surface area contributed by atoms with E-state index in [0.717, 1.165) is 36.4 Å². The van der Waals surface area contributed by atoms with E-state index in [4.69, 9.17) is 4.74 Å². The number of hydrogen-bond donors (Lipinski definition) is 1. The first-order chi connectivity index (χ1) is 13.9. The van der Waals surface area contributed by atoms with Gasteiger partial charge in [-0.3, -0.25) is 9.59 Å². The Bertz CT molecular complexity index is 889. The molecule has 2 aliphatic rings. The lowest BCUT2D eigenvalue weighted by atomic mass is 9.90. The van der Waals surface area contributed by atoms with Crippen molar-refractivity contribution in [3.05, 3.63) is 51.7 Å². The highest BCUT2D eigenvalue weighted by molar-refractivity contribution is 7.09. The van der Waals surface area contributed by atoms with Crippen molar-refractivity contribution in [1.29, 1.82) is 0 Å². The number of likely N-dealkylation sites (tertiary alicyclic amines) is 1. The molecule has 2 aliphatic heterocycles. The lowest BCUT2D eigenvalue weighted by Gasteiger charge is -2.41. The molecule has 0 radical (unpaired) electrons. The summed E-state index contributed by atoms with van der Waals surface area (Å²) in [5, 5.41) is 4.92. The van der Waals surface area contributed by atoms with Crippen LogP contribution in [-0.4, -0.2) is 60.4 Å². The summed E-state index contributed by atoms with van der Waals surface area (Å²) in [4.78, 5) is 31.0. The number of nitrogens with one attached hydrogen (secondary N) is 1. The minimum absolute atomic E-state index is 0.0402. The SMILES string of the molecule is Cc1ccc2c(c1)C(=O)N(CC(=O)NCc1cccs1)CC1(CCN(C)CC1)O2. The number of carbonyl (C=O) groups excluding carboxylic acids is 2. The van der Waals surface area contributed by atoms with Gasteiger partial charge in [-0.2, -0.15) is 0 Å². The number of carbonyl (C=O) groups is 2. The molecule has 0 saturated carbocycles. The van der Waals surface area contributed by atoms with Crippen molar-refractivity contribution in [1.82, 2.24) is 15.1 Å². The number of thiophene rings is 1. The average Bonchev–Trinajstić information content (AvgIpc) is 3.19. The van der Waals surface area contributed by atoms with Crippen LogP contribution in [0.1, 0.15) is 33.6 Å². The average molecular weight is 414 g/mol. The number of hydrogen-bond acceptors (Lipinski definition) is 5. The first kappa shape index (κ1) is 19.9. The second-order valence-corrected chi connectivity index (χ2v) is 9.14. The van der Waals surface area contributed by atoms with Crippen molar-refractivity contribution in [2.45, 2.75) is 31.9 Å². The van der Waals surface area contributed by atoms with Crippen LogP contribution in [0.2, 0.25) is 0 Å². The van der Waals surface area contributed by atoms with Gasteiger partial charge in [-0.15, -0.1) is 11.3 Å². The summed E-state index contributed by atoms with van der Waals surface area (Å²) in [5.41, 5.74) is 1.10. The van der Waals surface area contributed by atoms with E-state index in [2.05, 4.69) is 17.3 Å². The summed E-state index contributed by atoms with van der Waals surface area (Å²) in [5.74, 6) is 0.350. The van der Waals surface area contributed by atoms with Gasteiger partial charge in [-0.05, 0) is 37.6 Å². The molecule has 1 spiro atoms. The Balaban J connectivity index is 1.56. The van der Waals surface area contributed by atoms with E-state index < -0.39 is 5.60 Å². The van der Waals surface area contributed by atoms with E-state index >= 15 is 0 Å². The second-order valence-electron chi connectivity index (χ2n) is 8.11. The normalized spacial score (nSPS) is 18.8. The fraction of sp³-hybridized carbons (Fsp3) is 0.455. The lowest BCUT2D eigenvalue weighted by molar-refractivity contribution is -0.122. The molecule has 1 aromatic heterocycles. The summed E-state index contributed by atoms with van der Waals surface area (Å²) < 4.78 is 6.47. The largest absolute Gasteiger partial charge is 0.484 e. The van der Waals surface area contributed by atoms with Gasteiger partial charge in [-0.1, -0.05) is 17.7 Å². The summed E-state index contributed by atoms with van der Waals surface area (Å²) in [6.07, 6.45) is 1.66. The Morgan fingerprint density at radius 2 is 2.07 bits per heavy atom. The topological polar surface area (TPSA) is 61.9 Å². The van der Waals surface area contributed by atoms with Crippen LogP contribution in [-0.2, 0) is 11.3 Å². The third-order valence-electron chi connectivity index (χ3n) is 5.73. The Kier molecular flexibility index (Phi) is 5.61. The molecule has 0 atom stereocenters. The zero-order valence-electron chi connectivity index (χ0n) is 16.9. The van der Waals surface area contributed by atoms with Crippen LogP contribution in [0.15, 0.2) is 35.7 Å². The standard InChI is InChI=1S/C22H27N3O3S/c1-16-5-6-19-18(12-16)21(27)25(14-20(26)23-13-17-4-3-11-29-17)15-22(28-19)7-9-24(2)10-8-22/h3-6,11-12H,7-10,13-15H2,1-2H3,(H,23,26). The highest BCUT2D eigenvalue weighted by Gasteiger charge is 2.42. The van der Waals surface area contributed by atoms with Gasteiger partial charge < -0.3 is 19.9 Å². The number of nitrogens with zero attached hydrogens (tertiary/aromatic N) is 2. The molecular formula is C22H27N3O3S. The Morgan fingerprint density at radius 1 is 1.28 bits per heavy atom. The first-order valence-electron chi connectivity index (χ1n) is 10.0. The van der Waals surface area contributed by atoms with Crippen LogP contribution >= 0.6 is 11.3 Å². The minimum atomic E-state index is -0.448. The minimum Gasteiger partial charge on any atom is -0.484 e. The number of benzene rings is 1. The van der Waals surface area contributed by atoms with Crippen molar-refractivity contribution in [3.8, 4) is 5.75 Å². The maximum atomic E-state index is 13.3. The summed E-state index contributed by atoms with van der Waals surface area (Å²) in [6, 6.07) is 9.68. The van der Waals surface area contributed by atoms with Crippen LogP contribution < -0.4 is 10.1 Å². The highest BCUT2D eigenvalue weighted by Crippen LogP contribution is 2.35. The number of rotatable bonds is 4. The van der Waals surface area contributed by atoms with E-state index in [-0.39, 0.29) is 18.4 Å². The Hall–Kier alpha value is -2.38. The molecule has 0 bridgehead atoms. The number of amides is 2. The van der Waals surface area contributed by atoms with Crippen molar-refractivity contribution < 1.29 is 14.3 Å². The van der Waals surface area contributed by atoms with E-state index in [0.29, 0.717) is 24.4 Å². The van der Waals surface area contributed by atoms with Crippen LogP contribution in [0, 0.1) is 6.92 Å². The molecule has 154 valence electrons. The Labute approximate surface area is 175 Å². The van der Waals surface area contributed by atoms with Crippen LogP contribution in [0.5, 0.6) is 5.75 Å².